The van der Waals surface area contributed by atoms with Gasteiger partial charge in [-0.2, -0.15) is 0 Å². The maximum Gasteiger partial charge on any atom is 0.335 e. The Labute approximate surface area is 94.8 Å². The lowest BCUT2D eigenvalue weighted by molar-refractivity contribution is 0.0649. The van der Waals surface area contributed by atoms with Crippen LogP contribution in [0, 0.1) is 0 Å². The monoisotopic (exact) mass is 224 g/mol. The molecule has 1 unspecified atom stereocenters. The average Bonchev–Trinajstić information content (AvgIpc) is 2.26. The fourth-order valence-electron chi connectivity index (χ4n) is 1.25. The molecule has 4 nitrogen and oxygen atoms in total. The molecule has 1 aromatic rings. The smallest absolute Gasteiger partial charge is 0.335 e. The normalized spacial score (nSPS) is 12.1. The van der Waals surface area contributed by atoms with E-state index >= 15 is 0 Å². The molecule has 1 rings (SSSR count). The van der Waals surface area contributed by atoms with Gasteiger partial charge in [0, 0.05) is 6.61 Å². The third-order valence-corrected chi connectivity index (χ3v) is 1.97. The summed E-state index contributed by atoms with van der Waals surface area (Å²) in [6, 6.07) is 6.42. The minimum Gasteiger partial charge on any atom is -0.488 e. The van der Waals surface area contributed by atoms with Crippen LogP contribution in [-0.2, 0) is 4.74 Å². The van der Waals surface area contributed by atoms with Crippen LogP contribution in [0.2, 0.25) is 0 Å². The van der Waals surface area contributed by atoms with Gasteiger partial charge in [0.2, 0.25) is 0 Å². The van der Waals surface area contributed by atoms with Gasteiger partial charge in [0.15, 0.2) is 0 Å². The third kappa shape index (κ3) is 3.90. The van der Waals surface area contributed by atoms with Gasteiger partial charge in [0.1, 0.15) is 11.9 Å². The molecule has 0 aliphatic heterocycles. The average molecular weight is 224 g/mol. The van der Waals surface area contributed by atoms with E-state index in [4.69, 9.17) is 14.6 Å². The van der Waals surface area contributed by atoms with Crippen LogP contribution in [0.3, 0.4) is 0 Å². The molecule has 0 aliphatic carbocycles. The fourth-order valence-corrected chi connectivity index (χ4v) is 1.25. The van der Waals surface area contributed by atoms with Gasteiger partial charge in [-0.3, -0.25) is 0 Å². The molecule has 0 spiro atoms. The van der Waals surface area contributed by atoms with E-state index in [-0.39, 0.29) is 11.7 Å². The Morgan fingerprint density at radius 2 is 2.25 bits per heavy atom. The van der Waals surface area contributed by atoms with E-state index in [1.165, 1.54) is 12.1 Å². The van der Waals surface area contributed by atoms with Crippen LogP contribution in [0.5, 0.6) is 5.75 Å². The van der Waals surface area contributed by atoms with Crippen molar-refractivity contribution in [2.45, 2.75) is 20.0 Å². The second kappa shape index (κ2) is 6.12. The Hall–Kier alpha value is -1.55. The number of carboxylic acid groups (broad SMARTS) is 1. The number of hydrogen-bond donors (Lipinski definition) is 1. The van der Waals surface area contributed by atoms with Gasteiger partial charge in [-0.15, -0.1) is 0 Å². The molecule has 0 aromatic heterocycles. The summed E-state index contributed by atoms with van der Waals surface area (Å²) in [6.45, 7) is 4.93. The van der Waals surface area contributed by atoms with Gasteiger partial charge in [-0.05, 0) is 32.0 Å². The van der Waals surface area contributed by atoms with Gasteiger partial charge < -0.3 is 14.6 Å². The first-order valence-electron chi connectivity index (χ1n) is 5.21. The van der Waals surface area contributed by atoms with Crippen molar-refractivity contribution >= 4 is 5.97 Å². The van der Waals surface area contributed by atoms with Crippen molar-refractivity contribution in [2.24, 2.45) is 0 Å². The van der Waals surface area contributed by atoms with Crippen molar-refractivity contribution in [1.82, 2.24) is 0 Å². The number of rotatable bonds is 6. The summed E-state index contributed by atoms with van der Waals surface area (Å²) >= 11 is 0. The van der Waals surface area contributed by atoms with Crippen molar-refractivity contribution in [3.63, 3.8) is 0 Å². The summed E-state index contributed by atoms with van der Waals surface area (Å²) in [5.41, 5.74) is 0.223. The largest absolute Gasteiger partial charge is 0.488 e. The van der Waals surface area contributed by atoms with E-state index in [9.17, 15) is 4.79 Å². The first-order chi connectivity index (χ1) is 7.63. The molecule has 0 aliphatic rings. The standard InChI is InChI=1S/C12H16O4/c1-3-15-8-9(2)16-11-6-4-5-10(7-11)12(13)14/h4-7,9H,3,8H2,1-2H3,(H,13,14). The topological polar surface area (TPSA) is 55.8 Å². The molecule has 1 N–H and O–H groups in total. The van der Waals surface area contributed by atoms with Crippen molar-refractivity contribution < 1.29 is 19.4 Å². The number of carboxylic acids is 1. The summed E-state index contributed by atoms with van der Waals surface area (Å²) in [6.07, 6.45) is -0.0935. The molecule has 0 saturated heterocycles. The van der Waals surface area contributed by atoms with E-state index in [1.807, 2.05) is 13.8 Å². The Kier molecular flexibility index (Phi) is 4.79. The number of aromatic carboxylic acids is 1. The van der Waals surface area contributed by atoms with E-state index in [2.05, 4.69) is 0 Å². The molecule has 16 heavy (non-hydrogen) atoms. The van der Waals surface area contributed by atoms with Crippen LogP contribution in [0.1, 0.15) is 24.2 Å². The highest BCUT2D eigenvalue weighted by atomic mass is 16.5. The lowest BCUT2D eigenvalue weighted by Gasteiger charge is -2.14. The number of hydrogen-bond acceptors (Lipinski definition) is 3. The van der Waals surface area contributed by atoms with Gasteiger partial charge in [-0.1, -0.05) is 6.07 Å². The van der Waals surface area contributed by atoms with Gasteiger partial charge in [-0.25, -0.2) is 4.79 Å². The SMILES string of the molecule is CCOCC(C)Oc1cccc(C(=O)O)c1. The summed E-state index contributed by atoms with van der Waals surface area (Å²) in [5.74, 6) is -0.407. The van der Waals surface area contributed by atoms with Gasteiger partial charge in [0.05, 0.1) is 12.2 Å². The molecule has 0 heterocycles. The van der Waals surface area contributed by atoms with Crippen LogP contribution < -0.4 is 4.74 Å². The minimum absolute atomic E-state index is 0.0935. The first kappa shape index (κ1) is 12.5. The zero-order chi connectivity index (χ0) is 12.0. The van der Waals surface area contributed by atoms with Crippen LogP contribution in [0.25, 0.3) is 0 Å². The Balaban J connectivity index is 2.59. The number of benzene rings is 1. The molecule has 0 bridgehead atoms. The molecule has 4 heteroatoms. The zero-order valence-corrected chi connectivity index (χ0v) is 9.47. The maximum atomic E-state index is 10.7. The molecule has 1 atom stereocenters. The summed E-state index contributed by atoms with van der Waals surface area (Å²) < 4.78 is 10.7. The Morgan fingerprint density at radius 3 is 2.88 bits per heavy atom. The Morgan fingerprint density at radius 1 is 1.50 bits per heavy atom. The van der Waals surface area contributed by atoms with Crippen LogP contribution >= 0.6 is 0 Å². The highest BCUT2D eigenvalue weighted by Gasteiger charge is 2.07. The maximum absolute atomic E-state index is 10.7. The molecule has 1 aromatic carbocycles. The van der Waals surface area contributed by atoms with Gasteiger partial charge >= 0.3 is 5.97 Å². The lowest BCUT2D eigenvalue weighted by atomic mass is 10.2. The Bertz CT molecular complexity index is 349. The van der Waals surface area contributed by atoms with Crippen molar-refractivity contribution in [3.8, 4) is 5.75 Å². The van der Waals surface area contributed by atoms with Crippen LogP contribution in [0.4, 0.5) is 0 Å². The second-order valence-electron chi connectivity index (χ2n) is 3.42. The number of carbonyl (C=O) groups is 1. The van der Waals surface area contributed by atoms with E-state index in [0.29, 0.717) is 19.0 Å². The molecule has 0 amide bonds. The van der Waals surface area contributed by atoms with E-state index in [1.54, 1.807) is 12.1 Å². The molecular formula is C12H16O4. The first-order valence-corrected chi connectivity index (χ1v) is 5.21. The summed E-state index contributed by atoms with van der Waals surface area (Å²) in [4.78, 5) is 10.7. The number of ether oxygens (including phenoxy) is 2. The highest BCUT2D eigenvalue weighted by Crippen LogP contribution is 2.15. The van der Waals surface area contributed by atoms with Crippen molar-refractivity contribution in [2.75, 3.05) is 13.2 Å². The molecule has 0 fully saturated rings. The molecule has 88 valence electrons. The highest BCUT2D eigenvalue weighted by molar-refractivity contribution is 5.87. The third-order valence-electron chi connectivity index (χ3n) is 1.97. The second-order valence-corrected chi connectivity index (χ2v) is 3.42. The molecular weight excluding hydrogens is 208 g/mol. The molecule has 0 radical (unpaired) electrons. The fraction of sp³-hybridized carbons (Fsp3) is 0.417. The van der Waals surface area contributed by atoms with Crippen molar-refractivity contribution in [3.05, 3.63) is 29.8 Å². The van der Waals surface area contributed by atoms with Crippen molar-refractivity contribution in [1.29, 1.82) is 0 Å². The van der Waals surface area contributed by atoms with Gasteiger partial charge in [0.25, 0.3) is 0 Å². The minimum atomic E-state index is -0.956. The summed E-state index contributed by atoms with van der Waals surface area (Å²) in [7, 11) is 0. The molecule has 0 saturated carbocycles. The van der Waals surface area contributed by atoms with Crippen LogP contribution in [0.15, 0.2) is 24.3 Å². The predicted molar refractivity (Wildman–Crippen MR) is 60.0 cm³/mol. The predicted octanol–water partition coefficient (Wildman–Crippen LogP) is 2.19. The van der Waals surface area contributed by atoms with E-state index in [0.717, 1.165) is 0 Å². The zero-order valence-electron chi connectivity index (χ0n) is 9.47. The summed E-state index contributed by atoms with van der Waals surface area (Å²) in [5, 5.41) is 8.80. The van der Waals surface area contributed by atoms with E-state index < -0.39 is 5.97 Å². The lowest BCUT2D eigenvalue weighted by Crippen LogP contribution is -2.19. The quantitative estimate of drug-likeness (QED) is 0.804. The van der Waals surface area contributed by atoms with Crippen LogP contribution in [-0.4, -0.2) is 30.4 Å².